The molecule has 2 atom stereocenters. The highest BCUT2D eigenvalue weighted by Crippen LogP contribution is 2.21. The fraction of sp³-hybridized carbons (Fsp3) is 0.625. The van der Waals surface area contributed by atoms with E-state index >= 15 is 0 Å². The molecular weight excluding hydrogens is 254 g/mol. The molecule has 0 aromatic rings. The van der Waals surface area contributed by atoms with Crippen LogP contribution >= 0.6 is 0 Å². The molecule has 0 radical (unpaired) electrons. The molecule has 0 aromatic carbocycles. The van der Waals surface area contributed by atoms with Gasteiger partial charge in [-0.25, -0.2) is 0 Å². The van der Waals surface area contributed by atoms with Gasteiger partial charge in [-0.05, 0) is 25.7 Å². The van der Waals surface area contributed by atoms with Gasteiger partial charge in [-0.3, -0.25) is 9.59 Å². The SMILES string of the molecule is C=CCCC(=O)OC[C@@H]1CCCN1C(=O)[C@H](C)CC=C. The van der Waals surface area contributed by atoms with Crippen LogP contribution in [0.4, 0.5) is 0 Å². The quantitative estimate of drug-likeness (QED) is 0.507. The summed E-state index contributed by atoms with van der Waals surface area (Å²) in [4.78, 5) is 25.6. The van der Waals surface area contributed by atoms with Crippen molar-refractivity contribution in [2.75, 3.05) is 13.2 Å². The lowest BCUT2D eigenvalue weighted by Crippen LogP contribution is -2.41. The molecule has 1 saturated heterocycles. The molecule has 1 heterocycles. The number of carbonyl (C=O) groups is 2. The van der Waals surface area contributed by atoms with E-state index in [0.29, 0.717) is 25.9 Å². The van der Waals surface area contributed by atoms with E-state index in [-0.39, 0.29) is 23.8 Å². The Morgan fingerprint density at radius 3 is 2.80 bits per heavy atom. The molecule has 1 amide bonds. The van der Waals surface area contributed by atoms with Gasteiger partial charge in [0.1, 0.15) is 6.61 Å². The zero-order valence-electron chi connectivity index (χ0n) is 12.3. The summed E-state index contributed by atoms with van der Waals surface area (Å²) in [7, 11) is 0. The van der Waals surface area contributed by atoms with Gasteiger partial charge in [0.05, 0.1) is 6.04 Å². The monoisotopic (exact) mass is 279 g/mol. The van der Waals surface area contributed by atoms with E-state index in [2.05, 4.69) is 13.2 Å². The number of amides is 1. The number of nitrogens with zero attached hydrogens (tertiary/aromatic N) is 1. The maximum absolute atomic E-state index is 12.3. The molecule has 1 fully saturated rings. The predicted molar refractivity (Wildman–Crippen MR) is 79.1 cm³/mol. The van der Waals surface area contributed by atoms with Crippen molar-refractivity contribution in [3.8, 4) is 0 Å². The highest BCUT2D eigenvalue weighted by molar-refractivity contribution is 5.79. The second kappa shape index (κ2) is 8.56. The first kappa shape index (κ1) is 16.5. The third-order valence-electron chi connectivity index (χ3n) is 3.59. The van der Waals surface area contributed by atoms with Crippen molar-refractivity contribution in [3.05, 3.63) is 25.3 Å². The van der Waals surface area contributed by atoms with Crippen molar-refractivity contribution in [3.63, 3.8) is 0 Å². The maximum atomic E-state index is 12.3. The van der Waals surface area contributed by atoms with E-state index < -0.39 is 0 Å². The van der Waals surface area contributed by atoms with Crippen LogP contribution in [0, 0.1) is 5.92 Å². The molecular formula is C16H25NO3. The lowest BCUT2D eigenvalue weighted by molar-refractivity contribution is -0.148. The van der Waals surface area contributed by atoms with Gasteiger partial charge in [0, 0.05) is 18.9 Å². The van der Waals surface area contributed by atoms with Gasteiger partial charge in [-0.15, -0.1) is 13.2 Å². The smallest absolute Gasteiger partial charge is 0.306 e. The normalized spacial score (nSPS) is 19.4. The molecule has 0 aliphatic carbocycles. The number of rotatable bonds is 8. The van der Waals surface area contributed by atoms with Crippen LogP contribution in [0.25, 0.3) is 0 Å². The van der Waals surface area contributed by atoms with Crippen LogP contribution in [0.5, 0.6) is 0 Å². The predicted octanol–water partition coefficient (Wildman–Crippen LogP) is 2.70. The molecule has 20 heavy (non-hydrogen) atoms. The van der Waals surface area contributed by atoms with Gasteiger partial charge in [0.2, 0.25) is 5.91 Å². The number of likely N-dealkylation sites (tertiary alicyclic amines) is 1. The van der Waals surface area contributed by atoms with Crippen LogP contribution < -0.4 is 0 Å². The van der Waals surface area contributed by atoms with Crippen molar-refractivity contribution in [2.45, 2.75) is 45.1 Å². The Bertz CT molecular complexity index is 365. The molecule has 0 saturated carbocycles. The maximum Gasteiger partial charge on any atom is 0.306 e. The van der Waals surface area contributed by atoms with E-state index in [9.17, 15) is 9.59 Å². The average molecular weight is 279 g/mol. The van der Waals surface area contributed by atoms with Crippen LogP contribution in [-0.4, -0.2) is 36.0 Å². The number of esters is 1. The van der Waals surface area contributed by atoms with Crippen LogP contribution in [0.15, 0.2) is 25.3 Å². The highest BCUT2D eigenvalue weighted by atomic mass is 16.5. The second-order valence-electron chi connectivity index (χ2n) is 5.26. The van der Waals surface area contributed by atoms with Gasteiger partial charge in [-0.1, -0.05) is 19.1 Å². The number of ether oxygens (including phenoxy) is 1. The molecule has 4 heteroatoms. The number of allylic oxidation sites excluding steroid dienone is 2. The first-order valence-electron chi connectivity index (χ1n) is 7.28. The third-order valence-corrected chi connectivity index (χ3v) is 3.59. The van der Waals surface area contributed by atoms with E-state index in [4.69, 9.17) is 4.74 Å². The van der Waals surface area contributed by atoms with Crippen molar-refractivity contribution >= 4 is 11.9 Å². The van der Waals surface area contributed by atoms with Crippen LogP contribution in [0.2, 0.25) is 0 Å². The first-order valence-corrected chi connectivity index (χ1v) is 7.28. The minimum absolute atomic E-state index is 0.0300. The van der Waals surface area contributed by atoms with Gasteiger partial charge in [0.25, 0.3) is 0 Å². The molecule has 0 unspecified atom stereocenters. The average Bonchev–Trinajstić information content (AvgIpc) is 2.90. The Kier molecular flexibility index (Phi) is 7.05. The Morgan fingerprint density at radius 2 is 2.15 bits per heavy atom. The molecule has 1 aliphatic rings. The zero-order valence-corrected chi connectivity index (χ0v) is 12.3. The van der Waals surface area contributed by atoms with Gasteiger partial charge < -0.3 is 9.64 Å². The van der Waals surface area contributed by atoms with Gasteiger partial charge in [0.15, 0.2) is 0 Å². The summed E-state index contributed by atoms with van der Waals surface area (Å²) in [5, 5.41) is 0. The largest absolute Gasteiger partial charge is 0.463 e. The molecule has 4 nitrogen and oxygen atoms in total. The van der Waals surface area contributed by atoms with E-state index in [0.717, 1.165) is 19.4 Å². The summed E-state index contributed by atoms with van der Waals surface area (Å²) >= 11 is 0. The Morgan fingerprint density at radius 1 is 1.40 bits per heavy atom. The molecule has 0 bridgehead atoms. The van der Waals surface area contributed by atoms with Crippen molar-refractivity contribution in [1.82, 2.24) is 4.90 Å². The molecule has 0 N–H and O–H groups in total. The van der Waals surface area contributed by atoms with E-state index in [1.54, 1.807) is 12.2 Å². The lowest BCUT2D eigenvalue weighted by Gasteiger charge is -2.27. The summed E-state index contributed by atoms with van der Waals surface area (Å²) in [6, 6.07) is 0.0300. The molecule has 0 aromatic heterocycles. The molecule has 1 rings (SSSR count). The molecule has 1 aliphatic heterocycles. The molecule has 0 spiro atoms. The third kappa shape index (κ3) is 4.83. The summed E-state index contributed by atoms with van der Waals surface area (Å²) in [6.07, 6.45) is 7.01. The Labute approximate surface area is 121 Å². The lowest BCUT2D eigenvalue weighted by atomic mass is 10.1. The standard InChI is InChI=1S/C16H25NO3/c1-4-6-10-15(18)20-12-14-9-7-11-17(14)16(19)13(3)8-5-2/h4-5,13-14H,1-2,6-12H2,3H3/t13-,14+/m1/s1. The highest BCUT2D eigenvalue weighted by Gasteiger charge is 2.31. The fourth-order valence-electron chi connectivity index (χ4n) is 2.41. The number of hydrogen-bond donors (Lipinski definition) is 0. The van der Waals surface area contributed by atoms with Crippen molar-refractivity contribution in [2.24, 2.45) is 5.92 Å². The van der Waals surface area contributed by atoms with E-state index in [1.807, 2.05) is 11.8 Å². The Hall–Kier alpha value is -1.58. The second-order valence-corrected chi connectivity index (χ2v) is 5.26. The summed E-state index contributed by atoms with van der Waals surface area (Å²) < 4.78 is 5.25. The first-order chi connectivity index (χ1) is 9.60. The number of carbonyl (C=O) groups excluding carboxylic acids is 2. The summed E-state index contributed by atoms with van der Waals surface area (Å²) in [6.45, 7) is 10.2. The van der Waals surface area contributed by atoms with Crippen LogP contribution in [0.3, 0.4) is 0 Å². The minimum atomic E-state index is -0.219. The van der Waals surface area contributed by atoms with Gasteiger partial charge in [-0.2, -0.15) is 0 Å². The van der Waals surface area contributed by atoms with Crippen molar-refractivity contribution < 1.29 is 14.3 Å². The minimum Gasteiger partial charge on any atom is -0.463 e. The van der Waals surface area contributed by atoms with Crippen LogP contribution in [-0.2, 0) is 14.3 Å². The summed E-state index contributed by atoms with van der Waals surface area (Å²) in [5.74, 6) is -0.137. The van der Waals surface area contributed by atoms with Crippen LogP contribution in [0.1, 0.15) is 39.0 Å². The van der Waals surface area contributed by atoms with E-state index in [1.165, 1.54) is 0 Å². The zero-order chi connectivity index (χ0) is 15.0. The fourth-order valence-corrected chi connectivity index (χ4v) is 2.41. The Balaban J connectivity index is 2.44. The van der Waals surface area contributed by atoms with Crippen molar-refractivity contribution in [1.29, 1.82) is 0 Å². The molecule has 112 valence electrons. The number of hydrogen-bond acceptors (Lipinski definition) is 3. The summed E-state index contributed by atoms with van der Waals surface area (Å²) in [5.41, 5.74) is 0. The topological polar surface area (TPSA) is 46.6 Å². The van der Waals surface area contributed by atoms with Gasteiger partial charge >= 0.3 is 5.97 Å².